The summed E-state index contributed by atoms with van der Waals surface area (Å²) in [6.07, 6.45) is 5.43. The fraction of sp³-hybridized carbons (Fsp3) is 0.667. The Bertz CT molecular complexity index is 619. The number of amides is 1. The lowest BCUT2D eigenvalue weighted by molar-refractivity contribution is -0.132. The van der Waals surface area contributed by atoms with E-state index < -0.39 is 0 Å². The molecule has 0 radical (unpaired) electrons. The highest BCUT2D eigenvalue weighted by Crippen LogP contribution is 2.28. The van der Waals surface area contributed by atoms with Gasteiger partial charge in [0.05, 0.1) is 26.7 Å². The molecule has 1 unspecified atom stereocenters. The Morgan fingerprint density at radius 3 is 2.59 bits per heavy atom. The molecule has 2 saturated heterocycles. The molecule has 27 heavy (non-hydrogen) atoms. The topological polar surface area (TPSA) is 42.0 Å². The minimum atomic E-state index is 0.228. The lowest BCUT2D eigenvalue weighted by Gasteiger charge is -2.36. The quantitative estimate of drug-likeness (QED) is 0.744. The molecule has 1 aromatic carbocycles. The summed E-state index contributed by atoms with van der Waals surface area (Å²) in [5.41, 5.74) is 0.978. The SMILES string of the molecule is COc1ccc(CC(=O)N2CCCSCC2CN2CCCCC2)cc1OC. The van der Waals surface area contributed by atoms with Gasteiger partial charge in [-0.2, -0.15) is 11.8 Å². The monoisotopic (exact) mass is 392 g/mol. The number of ether oxygens (including phenoxy) is 2. The molecule has 1 aromatic rings. The molecule has 0 saturated carbocycles. The summed E-state index contributed by atoms with van der Waals surface area (Å²) < 4.78 is 10.7. The zero-order valence-corrected chi connectivity index (χ0v) is 17.4. The summed E-state index contributed by atoms with van der Waals surface area (Å²) in [5.74, 6) is 3.80. The van der Waals surface area contributed by atoms with Crippen molar-refractivity contribution >= 4 is 17.7 Å². The largest absolute Gasteiger partial charge is 0.493 e. The molecule has 1 amide bonds. The second-order valence-electron chi connectivity index (χ2n) is 7.40. The van der Waals surface area contributed by atoms with Crippen LogP contribution in [0.25, 0.3) is 0 Å². The summed E-state index contributed by atoms with van der Waals surface area (Å²) in [7, 11) is 3.26. The summed E-state index contributed by atoms with van der Waals surface area (Å²) in [5, 5.41) is 0. The lowest BCUT2D eigenvalue weighted by Crippen LogP contribution is -2.49. The summed E-state index contributed by atoms with van der Waals surface area (Å²) in [6.45, 7) is 4.25. The lowest BCUT2D eigenvalue weighted by atomic mass is 10.1. The fourth-order valence-corrected chi connectivity index (χ4v) is 5.07. The predicted octanol–water partition coefficient (Wildman–Crippen LogP) is 3.07. The Balaban J connectivity index is 1.67. The molecule has 2 heterocycles. The predicted molar refractivity (Wildman–Crippen MR) is 111 cm³/mol. The average Bonchev–Trinajstić information content (AvgIpc) is 2.94. The molecule has 2 aliphatic rings. The zero-order valence-electron chi connectivity index (χ0n) is 16.6. The number of thioether (sulfide) groups is 1. The van der Waals surface area contributed by atoms with Crippen LogP contribution in [0.4, 0.5) is 0 Å². The number of likely N-dealkylation sites (tertiary alicyclic amines) is 1. The molecule has 2 fully saturated rings. The smallest absolute Gasteiger partial charge is 0.227 e. The number of benzene rings is 1. The van der Waals surface area contributed by atoms with Gasteiger partial charge >= 0.3 is 0 Å². The Morgan fingerprint density at radius 2 is 1.85 bits per heavy atom. The summed E-state index contributed by atoms with van der Waals surface area (Å²) >= 11 is 1.99. The number of rotatable bonds is 6. The van der Waals surface area contributed by atoms with E-state index in [1.807, 2.05) is 30.0 Å². The minimum Gasteiger partial charge on any atom is -0.493 e. The summed E-state index contributed by atoms with van der Waals surface area (Å²) in [4.78, 5) is 17.8. The van der Waals surface area contributed by atoms with Gasteiger partial charge in [0.2, 0.25) is 5.91 Å². The number of piperidine rings is 1. The van der Waals surface area contributed by atoms with Gasteiger partial charge in [0.25, 0.3) is 0 Å². The second-order valence-corrected chi connectivity index (χ2v) is 8.55. The van der Waals surface area contributed by atoms with Gasteiger partial charge in [-0.05, 0) is 55.8 Å². The van der Waals surface area contributed by atoms with Crippen LogP contribution in [-0.2, 0) is 11.2 Å². The molecule has 3 rings (SSSR count). The van der Waals surface area contributed by atoms with Gasteiger partial charge in [0.15, 0.2) is 11.5 Å². The first-order valence-corrected chi connectivity index (χ1v) is 11.2. The standard InChI is InChI=1S/C21H32N2O3S/c1-25-19-8-7-17(13-20(19)26-2)14-21(24)23-11-6-12-27-16-18(23)15-22-9-4-3-5-10-22/h7-8,13,18H,3-6,9-12,14-16H2,1-2H3. The Labute approximate surface area is 167 Å². The van der Waals surface area contributed by atoms with Crippen molar-refractivity contribution in [2.24, 2.45) is 0 Å². The fourth-order valence-electron chi connectivity index (χ4n) is 4.02. The van der Waals surface area contributed by atoms with E-state index in [0.717, 1.165) is 36.6 Å². The summed E-state index contributed by atoms with van der Waals surface area (Å²) in [6, 6.07) is 6.09. The number of hydrogen-bond donors (Lipinski definition) is 0. The molecule has 0 aliphatic carbocycles. The molecule has 0 bridgehead atoms. The van der Waals surface area contributed by atoms with Crippen LogP contribution in [0.2, 0.25) is 0 Å². The first-order chi connectivity index (χ1) is 13.2. The van der Waals surface area contributed by atoms with Crippen molar-refractivity contribution in [3.8, 4) is 11.5 Å². The van der Waals surface area contributed by atoms with Crippen molar-refractivity contribution in [3.05, 3.63) is 23.8 Å². The number of methoxy groups -OCH3 is 2. The molecular formula is C21H32N2O3S. The maximum atomic E-state index is 13.2. The van der Waals surface area contributed by atoms with Crippen molar-refractivity contribution in [3.63, 3.8) is 0 Å². The van der Waals surface area contributed by atoms with Crippen molar-refractivity contribution in [2.45, 2.75) is 38.1 Å². The molecule has 0 aromatic heterocycles. The van der Waals surface area contributed by atoms with E-state index in [2.05, 4.69) is 9.80 Å². The number of nitrogens with zero attached hydrogens (tertiary/aromatic N) is 2. The highest BCUT2D eigenvalue weighted by molar-refractivity contribution is 7.99. The first-order valence-electron chi connectivity index (χ1n) is 10.0. The van der Waals surface area contributed by atoms with E-state index in [0.29, 0.717) is 24.0 Å². The third-order valence-electron chi connectivity index (χ3n) is 5.48. The third-order valence-corrected chi connectivity index (χ3v) is 6.68. The molecule has 0 N–H and O–H groups in total. The highest BCUT2D eigenvalue weighted by Gasteiger charge is 2.28. The molecule has 0 spiro atoms. The van der Waals surface area contributed by atoms with E-state index in [4.69, 9.17) is 9.47 Å². The number of hydrogen-bond acceptors (Lipinski definition) is 5. The molecule has 6 heteroatoms. The van der Waals surface area contributed by atoms with Crippen LogP contribution >= 0.6 is 11.8 Å². The van der Waals surface area contributed by atoms with Gasteiger partial charge in [0, 0.05) is 18.8 Å². The number of carbonyl (C=O) groups excluding carboxylic acids is 1. The molecular weight excluding hydrogens is 360 g/mol. The van der Waals surface area contributed by atoms with Crippen LogP contribution in [0, 0.1) is 0 Å². The number of carbonyl (C=O) groups is 1. The van der Waals surface area contributed by atoms with Gasteiger partial charge in [0.1, 0.15) is 0 Å². The third kappa shape index (κ3) is 5.55. The van der Waals surface area contributed by atoms with Crippen molar-refractivity contribution < 1.29 is 14.3 Å². The normalized spacial score (nSPS) is 21.6. The minimum absolute atomic E-state index is 0.228. The Morgan fingerprint density at radius 1 is 1.07 bits per heavy atom. The highest BCUT2D eigenvalue weighted by atomic mass is 32.2. The van der Waals surface area contributed by atoms with Gasteiger partial charge in [-0.25, -0.2) is 0 Å². The van der Waals surface area contributed by atoms with E-state index in [-0.39, 0.29) is 5.91 Å². The molecule has 2 aliphatic heterocycles. The zero-order chi connectivity index (χ0) is 19.1. The van der Waals surface area contributed by atoms with Crippen LogP contribution in [0.15, 0.2) is 18.2 Å². The maximum absolute atomic E-state index is 13.2. The van der Waals surface area contributed by atoms with Crippen LogP contribution in [0.1, 0.15) is 31.2 Å². The Hall–Kier alpha value is -1.40. The van der Waals surface area contributed by atoms with Crippen molar-refractivity contribution in [1.82, 2.24) is 9.80 Å². The maximum Gasteiger partial charge on any atom is 0.227 e. The van der Waals surface area contributed by atoms with Crippen molar-refractivity contribution in [1.29, 1.82) is 0 Å². The first kappa shape index (κ1) is 20.3. The van der Waals surface area contributed by atoms with E-state index in [9.17, 15) is 4.79 Å². The van der Waals surface area contributed by atoms with Crippen LogP contribution in [0.3, 0.4) is 0 Å². The van der Waals surface area contributed by atoms with E-state index in [1.165, 1.54) is 32.4 Å². The van der Waals surface area contributed by atoms with Crippen LogP contribution < -0.4 is 9.47 Å². The van der Waals surface area contributed by atoms with E-state index in [1.54, 1.807) is 14.2 Å². The van der Waals surface area contributed by atoms with Gasteiger partial charge in [-0.15, -0.1) is 0 Å². The van der Waals surface area contributed by atoms with Gasteiger partial charge in [-0.3, -0.25) is 4.79 Å². The van der Waals surface area contributed by atoms with Crippen LogP contribution in [-0.4, -0.2) is 73.7 Å². The molecule has 5 nitrogen and oxygen atoms in total. The average molecular weight is 393 g/mol. The Kier molecular flexibility index (Phi) is 7.70. The van der Waals surface area contributed by atoms with Gasteiger partial charge in [-0.1, -0.05) is 12.5 Å². The van der Waals surface area contributed by atoms with Crippen LogP contribution in [0.5, 0.6) is 11.5 Å². The van der Waals surface area contributed by atoms with Crippen molar-refractivity contribution in [2.75, 3.05) is 51.9 Å². The molecule has 150 valence electrons. The van der Waals surface area contributed by atoms with E-state index >= 15 is 0 Å². The second kappa shape index (κ2) is 10.2. The van der Waals surface area contributed by atoms with Gasteiger partial charge < -0.3 is 19.3 Å². The molecule has 1 atom stereocenters.